The van der Waals surface area contributed by atoms with Crippen molar-refractivity contribution in [2.75, 3.05) is 13.1 Å². The summed E-state index contributed by atoms with van der Waals surface area (Å²) in [6.07, 6.45) is 5.16. The molecule has 2 aliphatic rings. The zero-order valence-electron chi connectivity index (χ0n) is 17.9. The summed E-state index contributed by atoms with van der Waals surface area (Å²) in [5.74, 6) is 0.611. The van der Waals surface area contributed by atoms with Crippen LogP contribution in [0.25, 0.3) is 10.9 Å². The van der Waals surface area contributed by atoms with Crippen LogP contribution in [-0.4, -0.2) is 45.6 Å². The third kappa shape index (κ3) is 4.20. The molecule has 1 aliphatic heterocycles. The second-order valence-electron chi connectivity index (χ2n) is 8.87. The van der Waals surface area contributed by atoms with Gasteiger partial charge in [-0.05, 0) is 61.8 Å². The highest BCUT2D eigenvalue weighted by atomic mass is 16.2. The number of nitrogens with one attached hydrogen (secondary N) is 1. The Kier molecular flexibility index (Phi) is 5.22. The van der Waals surface area contributed by atoms with Gasteiger partial charge in [0.25, 0.3) is 11.8 Å². The zero-order valence-corrected chi connectivity index (χ0v) is 17.9. The topological polar surface area (TPSA) is 67.2 Å². The molecule has 6 heteroatoms. The van der Waals surface area contributed by atoms with Gasteiger partial charge in [0, 0.05) is 37.1 Å². The molecule has 0 bridgehead atoms. The first kappa shape index (κ1) is 19.8. The number of aryl methyl sites for hydroxylation is 1. The molecular weight excluding hydrogens is 388 g/mol. The second kappa shape index (κ2) is 8.17. The molecule has 1 N–H and O–H groups in total. The van der Waals surface area contributed by atoms with Gasteiger partial charge < -0.3 is 10.2 Å². The van der Waals surface area contributed by atoms with E-state index in [0.29, 0.717) is 17.7 Å². The second-order valence-corrected chi connectivity index (χ2v) is 8.87. The summed E-state index contributed by atoms with van der Waals surface area (Å²) in [5, 5.41) is 8.44. The Hall–Kier alpha value is -3.15. The highest BCUT2D eigenvalue weighted by Gasteiger charge is 2.27. The molecule has 2 aromatic carbocycles. The summed E-state index contributed by atoms with van der Waals surface area (Å²) in [5.41, 5.74) is 3.52. The van der Waals surface area contributed by atoms with Crippen LogP contribution in [-0.2, 0) is 13.5 Å². The summed E-state index contributed by atoms with van der Waals surface area (Å²) in [6.45, 7) is 1.52. The van der Waals surface area contributed by atoms with Crippen molar-refractivity contribution in [3.63, 3.8) is 0 Å². The van der Waals surface area contributed by atoms with Gasteiger partial charge in [-0.2, -0.15) is 5.10 Å². The van der Waals surface area contributed by atoms with Gasteiger partial charge in [-0.1, -0.05) is 30.3 Å². The number of aromatic nitrogens is 2. The van der Waals surface area contributed by atoms with Crippen LogP contribution < -0.4 is 5.32 Å². The minimum Gasteiger partial charge on any atom is -0.349 e. The Morgan fingerprint density at radius 3 is 2.42 bits per heavy atom. The number of likely N-dealkylation sites (tertiary alicyclic amines) is 1. The molecule has 1 saturated heterocycles. The van der Waals surface area contributed by atoms with Crippen molar-refractivity contribution < 1.29 is 9.59 Å². The standard InChI is InChI=1S/C25H28N4O2/c1-28-22-5-3-2-4-21(22)23(27-28)25(31)29-14-12-18(13-15-29)16-17-6-8-19(9-7-17)24(30)26-20-10-11-20/h2-9,18,20H,10-16H2,1H3,(H,26,30). The summed E-state index contributed by atoms with van der Waals surface area (Å²) in [6, 6.07) is 16.3. The molecule has 0 atom stereocenters. The number of rotatable bonds is 5. The van der Waals surface area contributed by atoms with Gasteiger partial charge in [0.05, 0.1) is 5.52 Å². The molecule has 1 saturated carbocycles. The monoisotopic (exact) mass is 416 g/mol. The summed E-state index contributed by atoms with van der Waals surface area (Å²) >= 11 is 0. The lowest BCUT2D eigenvalue weighted by atomic mass is 9.89. The number of piperidine rings is 1. The number of amides is 2. The van der Waals surface area contributed by atoms with Crippen LogP contribution >= 0.6 is 0 Å². The number of carbonyl (C=O) groups is 2. The van der Waals surface area contributed by atoms with Crippen LogP contribution in [0.3, 0.4) is 0 Å². The number of para-hydroxylation sites is 1. The Labute approximate surface area is 182 Å². The van der Waals surface area contributed by atoms with E-state index in [9.17, 15) is 9.59 Å². The first-order valence-electron chi connectivity index (χ1n) is 11.2. The van der Waals surface area contributed by atoms with Gasteiger partial charge in [-0.3, -0.25) is 14.3 Å². The van der Waals surface area contributed by atoms with Gasteiger partial charge in [0.15, 0.2) is 5.69 Å². The molecule has 1 aliphatic carbocycles. The van der Waals surface area contributed by atoms with Gasteiger partial charge in [0.1, 0.15) is 0 Å². The lowest BCUT2D eigenvalue weighted by molar-refractivity contribution is 0.0685. The summed E-state index contributed by atoms with van der Waals surface area (Å²) in [4.78, 5) is 27.2. The maximum Gasteiger partial charge on any atom is 0.275 e. The quantitative estimate of drug-likeness (QED) is 0.692. The molecule has 5 rings (SSSR count). The largest absolute Gasteiger partial charge is 0.349 e. The fraction of sp³-hybridized carbons (Fsp3) is 0.400. The smallest absolute Gasteiger partial charge is 0.275 e. The van der Waals surface area contributed by atoms with Gasteiger partial charge >= 0.3 is 0 Å². The van der Waals surface area contributed by atoms with Crippen molar-refractivity contribution in [2.24, 2.45) is 13.0 Å². The van der Waals surface area contributed by atoms with Crippen molar-refractivity contribution >= 4 is 22.7 Å². The van der Waals surface area contributed by atoms with E-state index in [2.05, 4.69) is 22.5 Å². The van der Waals surface area contributed by atoms with Gasteiger partial charge in [-0.15, -0.1) is 0 Å². The van der Waals surface area contributed by atoms with Crippen LogP contribution in [0.4, 0.5) is 0 Å². The molecule has 0 unspecified atom stereocenters. The summed E-state index contributed by atoms with van der Waals surface area (Å²) < 4.78 is 1.78. The van der Waals surface area contributed by atoms with E-state index >= 15 is 0 Å². The highest BCUT2D eigenvalue weighted by molar-refractivity contribution is 6.04. The van der Waals surface area contributed by atoms with Crippen molar-refractivity contribution in [2.45, 2.75) is 38.1 Å². The van der Waals surface area contributed by atoms with E-state index < -0.39 is 0 Å². The molecule has 0 radical (unpaired) electrons. The number of fused-ring (bicyclic) bond motifs is 1. The maximum atomic E-state index is 13.1. The lowest BCUT2D eigenvalue weighted by Gasteiger charge is -2.31. The average Bonchev–Trinajstić information content (AvgIpc) is 3.55. The predicted octanol–water partition coefficient (Wildman–Crippen LogP) is 3.56. The minimum absolute atomic E-state index is 0.0290. The summed E-state index contributed by atoms with van der Waals surface area (Å²) in [7, 11) is 1.88. The molecule has 2 amide bonds. The average molecular weight is 417 g/mol. The number of carbonyl (C=O) groups excluding carboxylic acids is 2. The molecule has 31 heavy (non-hydrogen) atoms. The Balaban J connectivity index is 1.17. The molecule has 2 heterocycles. The van der Waals surface area contributed by atoms with E-state index in [0.717, 1.165) is 61.7 Å². The van der Waals surface area contributed by atoms with Crippen molar-refractivity contribution in [3.8, 4) is 0 Å². The van der Waals surface area contributed by atoms with Gasteiger partial charge in [-0.25, -0.2) is 0 Å². The van der Waals surface area contributed by atoms with Crippen LogP contribution in [0.5, 0.6) is 0 Å². The minimum atomic E-state index is 0.0290. The Morgan fingerprint density at radius 1 is 1.00 bits per heavy atom. The van der Waals surface area contributed by atoms with Crippen LogP contribution in [0.1, 0.15) is 52.1 Å². The third-order valence-electron chi connectivity index (χ3n) is 6.52. The van der Waals surface area contributed by atoms with Crippen LogP contribution in [0, 0.1) is 5.92 Å². The fourth-order valence-electron chi connectivity index (χ4n) is 4.48. The van der Waals surface area contributed by atoms with Crippen molar-refractivity contribution in [1.82, 2.24) is 20.0 Å². The Morgan fingerprint density at radius 2 is 1.71 bits per heavy atom. The number of hydrogen-bond donors (Lipinski definition) is 1. The van der Waals surface area contributed by atoms with E-state index in [1.54, 1.807) is 4.68 Å². The first-order valence-corrected chi connectivity index (χ1v) is 11.2. The first-order chi connectivity index (χ1) is 15.1. The molecule has 160 valence electrons. The molecular formula is C25H28N4O2. The predicted molar refractivity (Wildman–Crippen MR) is 120 cm³/mol. The lowest BCUT2D eigenvalue weighted by Crippen LogP contribution is -2.39. The molecule has 6 nitrogen and oxygen atoms in total. The maximum absolute atomic E-state index is 13.1. The molecule has 1 aromatic heterocycles. The molecule has 3 aromatic rings. The van der Waals surface area contributed by atoms with E-state index in [4.69, 9.17) is 0 Å². The third-order valence-corrected chi connectivity index (χ3v) is 6.52. The normalized spacial score (nSPS) is 17.1. The Bertz CT molecular complexity index is 1110. The van der Waals surface area contributed by atoms with Gasteiger partial charge in [0.2, 0.25) is 0 Å². The number of benzene rings is 2. The SMILES string of the molecule is Cn1nc(C(=O)N2CCC(Cc3ccc(C(=O)NC4CC4)cc3)CC2)c2ccccc21. The van der Waals surface area contributed by atoms with E-state index in [1.165, 1.54) is 5.56 Å². The van der Waals surface area contributed by atoms with Crippen molar-refractivity contribution in [1.29, 1.82) is 0 Å². The van der Waals surface area contributed by atoms with E-state index in [-0.39, 0.29) is 11.8 Å². The van der Waals surface area contributed by atoms with E-state index in [1.807, 2.05) is 48.3 Å². The number of nitrogens with zero attached hydrogens (tertiary/aromatic N) is 3. The molecule has 2 fully saturated rings. The number of hydrogen-bond acceptors (Lipinski definition) is 3. The fourth-order valence-corrected chi connectivity index (χ4v) is 4.48. The zero-order chi connectivity index (χ0) is 21.4. The molecule has 0 spiro atoms. The van der Waals surface area contributed by atoms with Crippen LogP contribution in [0.15, 0.2) is 48.5 Å². The van der Waals surface area contributed by atoms with Crippen molar-refractivity contribution in [3.05, 3.63) is 65.4 Å². The van der Waals surface area contributed by atoms with Crippen LogP contribution in [0.2, 0.25) is 0 Å². The highest BCUT2D eigenvalue weighted by Crippen LogP contribution is 2.25.